The van der Waals surface area contributed by atoms with Gasteiger partial charge in [-0.1, -0.05) is 0 Å². The van der Waals surface area contributed by atoms with E-state index in [-0.39, 0.29) is 5.56 Å². The van der Waals surface area contributed by atoms with E-state index in [1.807, 2.05) is 11.7 Å². The van der Waals surface area contributed by atoms with Crippen LogP contribution >= 0.6 is 11.8 Å². The first-order valence-electron chi connectivity index (χ1n) is 5.83. The maximum absolute atomic E-state index is 13.4. The van der Waals surface area contributed by atoms with E-state index in [0.717, 1.165) is 30.7 Å². The van der Waals surface area contributed by atoms with E-state index in [1.54, 1.807) is 11.8 Å². The van der Waals surface area contributed by atoms with Gasteiger partial charge in [0.2, 0.25) is 0 Å². The van der Waals surface area contributed by atoms with E-state index < -0.39 is 23.2 Å². The van der Waals surface area contributed by atoms with Gasteiger partial charge in [0.15, 0.2) is 11.6 Å². The number of hydrazine groups is 1. The fraction of sp³-hybridized carbons (Fsp3) is 0.417. The normalized spacial score (nSPS) is 10.3. The minimum Gasteiger partial charge on any atom is -0.352 e. The first-order chi connectivity index (χ1) is 9.10. The first kappa shape index (κ1) is 15.7. The number of thioether (sulfide) groups is 1. The van der Waals surface area contributed by atoms with Crippen LogP contribution < -0.4 is 16.6 Å². The lowest BCUT2D eigenvalue weighted by Crippen LogP contribution is -2.25. The van der Waals surface area contributed by atoms with Crippen LogP contribution in [-0.4, -0.2) is 24.5 Å². The topological polar surface area (TPSA) is 67.2 Å². The summed E-state index contributed by atoms with van der Waals surface area (Å²) in [6, 6.07) is 1.91. The summed E-state index contributed by atoms with van der Waals surface area (Å²) in [4.78, 5) is 11.7. The van der Waals surface area contributed by atoms with Gasteiger partial charge in [0, 0.05) is 12.1 Å². The van der Waals surface area contributed by atoms with E-state index >= 15 is 0 Å². The number of nitrogens with one attached hydrogen (secondary N) is 2. The van der Waals surface area contributed by atoms with Crippen LogP contribution in [0, 0.1) is 11.6 Å². The smallest absolute Gasteiger partial charge is 0.251 e. The number of carbonyl (C=O) groups excluding carboxylic acids is 1. The van der Waals surface area contributed by atoms with Crippen LogP contribution in [0.25, 0.3) is 0 Å². The Labute approximate surface area is 115 Å². The average Bonchev–Trinajstić information content (AvgIpc) is 2.38. The number of nitrogen functional groups attached to an aromatic ring is 1. The zero-order chi connectivity index (χ0) is 14.3. The molecule has 0 fully saturated rings. The molecule has 1 amide bonds. The van der Waals surface area contributed by atoms with E-state index in [9.17, 15) is 13.6 Å². The van der Waals surface area contributed by atoms with E-state index in [4.69, 9.17) is 5.84 Å². The van der Waals surface area contributed by atoms with E-state index in [2.05, 4.69) is 5.32 Å². The number of carbonyl (C=O) groups is 1. The fourth-order valence-corrected chi connectivity index (χ4v) is 2.01. The molecular formula is C12H17F2N3OS. The minimum atomic E-state index is -0.893. The standard InChI is InChI=1S/C12H17F2N3OS/c1-19-5-3-2-4-16-12(18)8-6-9(13)11(17-15)10(14)7-8/h6-7,17H,2-5,15H2,1H3,(H,16,18). The molecule has 0 atom stereocenters. The number of nitrogens with two attached hydrogens (primary N) is 1. The van der Waals surface area contributed by atoms with Crippen LogP contribution in [0.3, 0.4) is 0 Å². The Morgan fingerprint density at radius 1 is 1.32 bits per heavy atom. The molecule has 0 spiro atoms. The average molecular weight is 289 g/mol. The van der Waals surface area contributed by atoms with Crippen molar-refractivity contribution in [3.05, 3.63) is 29.3 Å². The van der Waals surface area contributed by atoms with Gasteiger partial charge in [0.25, 0.3) is 5.91 Å². The molecule has 4 nitrogen and oxygen atoms in total. The van der Waals surface area contributed by atoms with Gasteiger partial charge >= 0.3 is 0 Å². The van der Waals surface area contributed by atoms with Crippen molar-refractivity contribution in [2.75, 3.05) is 24.0 Å². The third-order valence-electron chi connectivity index (χ3n) is 2.51. The van der Waals surface area contributed by atoms with Gasteiger partial charge in [-0.2, -0.15) is 11.8 Å². The number of anilines is 1. The van der Waals surface area contributed by atoms with Gasteiger partial charge in [0.1, 0.15) is 5.69 Å². The highest BCUT2D eigenvalue weighted by atomic mass is 32.2. The molecule has 1 rings (SSSR count). The number of unbranched alkanes of at least 4 members (excludes halogenated alkanes) is 1. The number of rotatable bonds is 7. The highest BCUT2D eigenvalue weighted by molar-refractivity contribution is 7.98. The van der Waals surface area contributed by atoms with Crippen LogP contribution in [0.15, 0.2) is 12.1 Å². The molecule has 106 valence electrons. The molecule has 0 bridgehead atoms. The number of hydrogen-bond donors (Lipinski definition) is 3. The highest BCUT2D eigenvalue weighted by Gasteiger charge is 2.14. The number of benzene rings is 1. The third kappa shape index (κ3) is 4.68. The zero-order valence-corrected chi connectivity index (χ0v) is 11.4. The summed E-state index contributed by atoms with van der Waals surface area (Å²) in [5, 5.41) is 2.62. The Morgan fingerprint density at radius 3 is 2.47 bits per heavy atom. The second-order valence-electron chi connectivity index (χ2n) is 3.92. The molecule has 0 saturated heterocycles. The second kappa shape index (κ2) is 7.96. The summed E-state index contributed by atoms with van der Waals surface area (Å²) in [5.41, 5.74) is 1.41. The monoisotopic (exact) mass is 289 g/mol. The van der Waals surface area contributed by atoms with Crippen molar-refractivity contribution in [3.63, 3.8) is 0 Å². The molecule has 19 heavy (non-hydrogen) atoms. The van der Waals surface area contributed by atoms with Crippen molar-refractivity contribution < 1.29 is 13.6 Å². The van der Waals surface area contributed by atoms with E-state index in [0.29, 0.717) is 6.54 Å². The van der Waals surface area contributed by atoms with Gasteiger partial charge in [-0.25, -0.2) is 8.78 Å². The van der Waals surface area contributed by atoms with Crippen molar-refractivity contribution in [1.82, 2.24) is 5.32 Å². The summed E-state index contributed by atoms with van der Waals surface area (Å²) in [6.07, 6.45) is 3.83. The molecule has 0 radical (unpaired) electrons. The largest absolute Gasteiger partial charge is 0.352 e. The SMILES string of the molecule is CSCCCCNC(=O)c1cc(F)c(NN)c(F)c1. The van der Waals surface area contributed by atoms with Crippen molar-refractivity contribution in [1.29, 1.82) is 0 Å². The zero-order valence-electron chi connectivity index (χ0n) is 10.6. The Morgan fingerprint density at radius 2 is 1.95 bits per heavy atom. The van der Waals surface area contributed by atoms with Gasteiger partial charge in [-0.15, -0.1) is 0 Å². The Bertz CT molecular complexity index is 420. The quantitative estimate of drug-likeness (QED) is 0.409. The van der Waals surface area contributed by atoms with Gasteiger partial charge in [-0.05, 0) is 37.0 Å². The molecule has 0 saturated carbocycles. The van der Waals surface area contributed by atoms with E-state index in [1.165, 1.54) is 0 Å². The lowest BCUT2D eigenvalue weighted by molar-refractivity contribution is 0.0952. The first-order valence-corrected chi connectivity index (χ1v) is 7.22. The predicted octanol–water partition coefficient (Wildman–Crippen LogP) is 2.12. The Hall–Kier alpha value is -1.34. The van der Waals surface area contributed by atoms with Crippen LogP contribution in [0.2, 0.25) is 0 Å². The lowest BCUT2D eigenvalue weighted by Gasteiger charge is -2.08. The van der Waals surface area contributed by atoms with Crippen LogP contribution in [-0.2, 0) is 0 Å². The Kier molecular flexibility index (Phi) is 6.58. The van der Waals surface area contributed by atoms with Crippen molar-refractivity contribution in [3.8, 4) is 0 Å². The molecule has 1 aromatic carbocycles. The van der Waals surface area contributed by atoms with Crippen molar-refractivity contribution in [2.24, 2.45) is 5.84 Å². The fourth-order valence-electron chi connectivity index (χ4n) is 1.52. The third-order valence-corrected chi connectivity index (χ3v) is 3.21. The summed E-state index contributed by atoms with van der Waals surface area (Å²) < 4.78 is 26.8. The maximum Gasteiger partial charge on any atom is 0.251 e. The second-order valence-corrected chi connectivity index (χ2v) is 4.90. The molecule has 0 aliphatic heterocycles. The maximum atomic E-state index is 13.4. The molecule has 0 aliphatic rings. The summed E-state index contributed by atoms with van der Waals surface area (Å²) >= 11 is 1.73. The molecule has 0 aromatic heterocycles. The Balaban J connectivity index is 2.58. The summed E-state index contributed by atoms with van der Waals surface area (Å²) in [5.74, 6) is 3.71. The molecular weight excluding hydrogens is 272 g/mol. The molecule has 0 heterocycles. The van der Waals surface area contributed by atoms with Gasteiger partial charge in [0.05, 0.1) is 0 Å². The molecule has 0 aliphatic carbocycles. The molecule has 1 aromatic rings. The van der Waals surface area contributed by atoms with Crippen molar-refractivity contribution in [2.45, 2.75) is 12.8 Å². The summed E-state index contributed by atoms with van der Waals surface area (Å²) in [7, 11) is 0. The summed E-state index contributed by atoms with van der Waals surface area (Å²) in [6.45, 7) is 0.486. The number of hydrogen-bond acceptors (Lipinski definition) is 4. The van der Waals surface area contributed by atoms with Gasteiger partial charge in [-0.3, -0.25) is 10.6 Å². The molecule has 0 unspecified atom stereocenters. The van der Waals surface area contributed by atoms with Gasteiger partial charge < -0.3 is 10.7 Å². The predicted molar refractivity (Wildman–Crippen MR) is 74.1 cm³/mol. The highest BCUT2D eigenvalue weighted by Crippen LogP contribution is 2.19. The van der Waals surface area contributed by atoms with Crippen LogP contribution in [0.4, 0.5) is 14.5 Å². The molecule has 7 heteroatoms. The minimum absolute atomic E-state index is 0.0566. The molecule has 4 N–H and O–H groups in total. The van der Waals surface area contributed by atoms with Crippen LogP contribution in [0.5, 0.6) is 0 Å². The number of amides is 1. The number of halogens is 2. The lowest BCUT2D eigenvalue weighted by atomic mass is 10.1. The van der Waals surface area contributed by atoms with Crippen molar-refractivity contribution >= 4 is 23.4 Å². The van der Waals surface area contributed by atoms with Crippen LogP contribution in [0.1, 0.15) is 23.2 Å².